The Kier molecular flexibility index (Phi) is 5.59. The highest BCUT2D eigenvalue weighted by Gasteiger charge is 2.02. The molecule has 0 heterocycles. The van der Waals surface area contributed by atoms with Crippen LogP contribution < -0.4 is 5.32 Å². The molecule has 1 atom stereocenters. The maximum absolute atomic E-state index is 11.5. The van der Waals surface area contributed by atoms with E-state index in [1.165, 1.54) is 11.6 Å². The molecule has 1 rings (SSSR count). The number of nitrogens with one attached hydrogen (secondary N) is 1. The number of hydrogen-bond donors (Lipinski definition) is 2. The average molecular weight is 247 g/mol. The van der Waals surface area contributed by atoms with Crippen LogP contribution in [0.3, 0.4) is 0 Å². The van der Waals surface area contributed by atoms with E-state index >= 15 is 0 Å². The molecule has 18 heavy (non-hydrogen) atoms. The van der Waals surface area contributed by atoms with Gasteiger partial charge in [-0.25, -0.2) is 0 Å². The van der Waals surface area contributed by atoms with Crippen LogP contribution in [0.25, 0.3) is 6.08 Å². The topological polar surface area (TPSA) is 49.3 Å². The first-order valence-corrected chi connectivity index (χ1v) is 6.22. The van der Waals surface area contributed by atoms with Crippen LogP contribution in [0.4, 0.5) is 0 Å². The molecule has 0 fully saturated rings. The van der Waals surface area contributed by atoms with E-state index in [4.69, 9.17) is 5.11 Å². The fraction of sp³-hybridized carbons (Fsp3) is 0.400. The average Bonchev–Trinajstić information content (AvgIpc) is 2.36. The van der Waals surface area contributed by atoms with Gasteiger partial charge in [-0.2, -0.15) is 0 Å². The zero-order valence-electron chi connectivity index (χ0n) is 11.2. The van der Waals surface area contributed by atoms with E-state index in [1.54, 1.807) is 13.0 Å². The van der Waals surface area contributed by atoms with E-state index in [1.807, 2.05) is 12.1 Å². The minimum atomic E-state index is -0.217. The molecule has 3 nitrogen and oxygen atoms in total. The SMILES string of the molecule is CC(C)c1ccc(C=CC(=O)N[C@H](C)CO)cc1. The molecule has 0 saturated heterocycles. The van der Waals surface area contributed by atoms with Crippen LogP contribution in [-0.2, 0) is 4.79 Å². The summed E-state index contributed by atoms with van der Waals surface area (Å²) in [6, 6.07) is 7.91. The summed E-state index contributed by atoms with van der Waals surface area (Å²) >= 11 is 0. The smallest absolute Gasteiger partial charge is 0.244 e. The molecule has 0 bridgehead atoms. The molecule has 1 aromatic carbocycles. The highest BCUT2D eigenvalue weighted by atomic mass is 16.3. The Morgan fingerprint density at radius 1 is 1.28 bits per heavy atom. The van der Waals surface area contributed by atoms with Crippen LogP contribution in [0.1, 0.15) is 37.8 Å². The van der Waals surface area contributed by atoms with Gasteiger partial charge in [0.05, 0.1) is 6.61 Å². The van der Waals surface area contributed by atoms with Crippen molar-refractivity contribution in [3.8, 4) is 0 Å². The number of carbonyl (C=O) groups is 1. The lowest BCUT2D eigenvalue weighted by Gasteiger charge is -2.08. The van der Waals surface area contributed by atoms with Gasteiger partial charge in [0, 0.05) is 12.1 Å². The van der Waals surface area contributed by atoms with Gasteiger partial charge in [0.2, 0.25) is 5.91 Å². The third-order valence-electron chi connectivity index (χ3n) is 2.69. The van der Waals surface area contributed by atoms with Crippen molar-refractivity contribution in [1.82, 2.24) is 5.32 Å². The zero-order valence-corrected chi connectivity index (χ0v) is 11.2. The van der Waals surface area contributed by atoms with Crippen molar-refractivity contribution < 1.29 is 9.90 Å². The molecule has 0 unspecified atom stereocenters. The fourth-order valence-corrected chi connectivity index (χ4v) is 1.50. The van der Waals surface area contributed by atoms with Gasteiger partial charge in [-0.15, -0.1) is 0 Å². The van der Waals surface area contributed by atoms with E-state index < -0.39 is 0 Å². The first-order valence-electron chi connectivity index (χ1n) is 6.22. The van der Waals surface area contributed by atoms with Crippen LogP contribution in [-0.4, -0.2) is 23.7 Å². The molecule has 2 N–H and O–H groups in total. The second-order valence-electron chi connectivity index (χ2n) is 4.75. The Balaban J connectivity index is 2.59. The molecule has 0 saturated carbocycles. The number of benzene rings is 1. The second kappa shape index (κ2) is 6.97. The molecule has 0 aliphatic rings. The second-order valence-corrected chi connectivity index (χ2v) is 4.75. The highest BCUT2D eigenvalue weighted by Crippen LogP contribution is 2.15. The van der Waals surface area contributed by atoms with Gasteiger partial charge in [0.15, 0.2) is 0 Å². The van der Waals surface area contributed by atoms with Gasteiger partial charge >= 0.3 is 0 Å². The Hall–Kier alpha value is -1.61. The Bertz CT molecular complexity index is 407. The van der Waals surface area contributed by atoms with Crippen LogP contribution in [0.15, 0.2) is 30.3 Å². The monoisotopic (exact) mass is 247 g/mol. The summed E-state index contributed by atoms with van der Waals surface area (Å²) in [6.45, 7) is 6.00. The van der Waals surface area contributed by atoms with Crippen molar-refractivity contribution in [3.63, 3.8) is 0 Å². The van der Waals surface area contributed by atoms with Gasteiger partial charge < -0.3 is 10.4 Å². The molecule has 1 aromatic rings. The minimum Gasteiger partial charge on any atom is -0.394 e. The van der Waals surface area contributed by atoms with Gasteiger partial charge in [-0.1, -0.05) is 38.1 Å². The van der Waals surface area contributed by atoms with E-state index in [0.29, 0.717) is 5.92 Å². The number of rotatable bonds is 5. The molecule has 0 spiro atoms. The molecule has 0 aliphatic carbocycles. The summed E-state index contributed by atoms with van der Waals surface area (Å²) in [6.07, 6.45) is 3.25. The van der Waals surface area contributed by atoms with Crippen molar-refractivity contribution in [3.05, 3.63) is 41.5 Å². The Labute approximate surface area is 109 Å². The van der Waals surface area contributed by atoms with E-state index in [2.05, 4.69) is 31.3 Å². The molecular formula is C15H21NO2. The standard InChI is InChI=1S/C15H21NO2/c1-11(2)14-7-4-13(5-8-14)6-9-15(18)16-12(3)10-17/h4-9,11-12,17H,10H2,1-3H3,(H,16,18)/t12-/m1/s1. The Morgan fingerprint density at radius 3 is 2.39 bits per heavy atom. The number of hydrogen-bond acceptors (Lipinski definition) is 2. The fourth-order valence-electron chi connectivity index (χ4n) is 1.50. The summed E-state index contributed by atoms with van der Waals surface area (Å²) in [5.41, 5.74) is 2.27. The third-order valence-corrected chi connectivity index (χ3v) is 2.69. The van der Waals surface area contributed by atoms with Gasteiger partial charge in [-0.05, 0) is 30.0 Å². The molecule has 0 radical (unpaired) electrons. The molecular weight excluding hydrogens is 226 g/mol. The highest BCUT2D eigenvalue weighted by molar-refractivity contribution is 5.91. The molecule has 0 aromatic heterocycles. The lowest BCUT2D eigenvalue weighted by molar-refractivity contribution is -0.117. The predicted molar refractivity (Wildman–Crippen MR) is 74.3 cm³/mol. The van der Waals surface area contributed by atoms with E-state index in [0.717, 1.165) is 5.56 Å². The van der Waals surface area contributed by atoms with E-state index in [9.17, 15) is 4.79 Å². The maximum Gasteiger partial charge on any atom is 0.244 e. The molecule has 98 valence electrons. The van der Waals surface area contributed by atoms with Crippen molar-refractivity contribution in [1.29, 1.82) is 0 Å². The van der Waals surface area contributed by atoms with Crippen molar-refractivity contribution in [2.24, 2.45) is 0 Å². The maximum atomic E-state index is 11.5. The zero-order chi connectivity index (χ0) is 13.5. The molecule has 3 heteroatoms. The minimum absolute atomic E-state index is 0.0529. The molecule has 1 amide bonds. The van der Waals surface area contributed by atoms with Crippen molar-refractivity contribution in [2.45, 2.75) is 32.7 Å². The number of aliphatic hydroxyl groups excluding tert-OH is 1. The number of carbonyl (C=O) groups excluding carboxylic acids is 1. The normalized spacial score (nSPS) is 12.9. The summed E-state index contributed by atoms with van der Waals surface area (Å²) in [7, 11) is 0. The summed E-state index contributed by atoms with van der Waals surface area (Å²) in [5.74, 6) is 0.321. The quantitative estimate of drug-likeness (QED) is 0.784. The van der Waals surface area contributed by atoms with Gasteiger partial charge in [0.25, 0.3) is 0 Å². The largest absolute Gasteiger partial charge is 0.394 e. The first kappa shape index (κ1) is 14.5. The number of amides is 1. The first-order chi connectivity index (χ1) is 8.52. The van der Waals surface area contributed by atoms with E-state index in [-0.39, 0.29) is 18.6 Å². The van der Waals surface area contributed by atoms with Crippen LogP contribution in [0.5, 0.6) is 0 Å². The Morgan fingerprint density at radius 2 is 1.89 bits per heavy atom. The van der Waals surface area contributed by atoms with Crippen molar-refractivity contribution in [2.75, 3.05) is 6.61 Å². The van der Waals surface area contributed by atoms with Crippen LogP contribution >= 0.6 is 0 Å². The number of aliphatic hydroxyl groups is 1. The third kappa shape index (κ3) is 4.72. The van der Waals surface area contributed by atoms with Gasteiger partial charge in [0.1, 0.15) is 0 Å². The molecule has 0 aliphatic heterocycles. The summed E-state index contributed by atoms with van der Waals surface area (Å²) < 4.78 is 0. The van der Waals surface area contributed by atoms with Crippen LogP contribution in [0, 0.1) is 0 Å². The van der Waals surface area contributed by atoms with Crippen molar-refractivity contribution >= 4 is 12.0 Å². The summed E-state index contributed by atoms with van der Waals surface area (Å²) in [4.78, 5) is 11.5. The lowest BCUT2D eigenvalue weighted by atomic mass is 10.0. The van der Waals surface area contributed by atoms with Gasteiger partial charge in [-0.3, -0.25) is 4.79 Å². The predicted octanol–water partition coefficient (Wildman–Crippen LogP) is 2.32. The van der Waals surface area contributed by atoms with Crippen LogP contribution in [0.2, 0.25) is 0 Å². The lowest BCUT2D eigenvalue weighted by Crippen LogP contribution is -2.33. The summed E-state index contributed by atoms with van der Waals surface area (Å²) in [5, 5.41) is 11.5.